The Morgan fingerprint density at radius 3 is 2.27 bits per heavy atom. The third kappa shape index (κ3) is 2.50. The summed E-state index contributed by atoms with van der Waals surface area (Å²) in [5, 5.41) is 9.74. The summed E-state index contributed by atoms with van der Waals surface area (Å²) in [6, 6.07) is 0.871. The molecule has 0 radical (unpaired) electrons. The Hall–Kier alpha value is -0.160. The highest BCUT2D eigenvalue weighted by Crippen LogP contribution is 2.16. The van der Waals surface area contributed by atoms with Crippen LogP contribution in [0.1, 0.15) is 13.8 Å². The summed E-state index contributed by atoms with van der Waals surface area (Å²) < 4.78 is 5.29. The van der Waals surface area contributed by atoms with E-state index in [0.717, 1.165) is 26.2 Å². The molecule has 0 saturated carbocycles. The van der Waals surface area contributed by atoms with Crippen molar-refractivity contribution in [1.82, 2.24) is 9.80 Å². The molecule has 0 aromatic carbocycles. The van der Waals surface area contributed by atoms with E-state index >= 15 is 0 Å². The summed E-state index contributed by atoms with van der Waals surface area (Å²) in [6.45, 7) is 10.0. The molecular weight excluding hydrogens is 192 g/mol. The average Bonchev–Trinajstić information content (AvgIpc) is 2.65. The first kappa shape index (κ1) is 11.3. The summed E-state index contributed by atoms with van der Waals surface area (Å²) in [7, 11) is 0. The van der Waals surface area contributed by atoms with Crippen molar-refractivity contribution in [3.63, 3.8) is 0 Å². The van der Waals surface area contributed by atoms with Crippen LogP contribution in [0.4, 0.5) is 0 Å². The molecule has 2 saturated heterocycles. The van der Waals surface area contributed by atoms with Gasteiger partial charge in [0.2, 0.25) is 0 Å². The Bertz CT molecular complexity index is 203. The molecule has 2 atom stereocenters. The zero-order valence-corrected chi connectivity index (χ0v) is 9.72. The normalized spacial score (nSPS) is 35.2. The Kier molecular flexibility index (Phi) is 3.61. The fraction of sp³-hybridized carbons (Fsp3) is 1.00. The monoisotopic (exact) mass is 214 g/mol. The van der Waals surface area contributed by atoms with Crippen molar-refractivity contribution >= 4 is 0 Å². The number of piperazine rings is 1. The zero-order valence-electron chi connectivity index (χ0n) is 9.72. The summed E-state index contributed by atoms with van der Waals surface area (Å²) in [6.07, 6.45) is -0.282. The van der Waals surface area contributed by atoms with E-state index in [2.05, 4.69) is 23.6 Å². The lowest BCUT2D eigenvalue weighted by Gasteiger charge is -2.40. The fourth-order valence-corrected chi connectivity index (χ4v) is 2.47. The molecule has 0 aromatic heterocycles. The van der Waals surface area contributed by atoms with Gasteiger partial charge in [0.25, 0.3) is 0 Å². The van der Waals surface area contributed by atoms with Gasteiger partial charge in [0, 0.05) is 32.2 Å². The molecule has 1 N–H and O–H groups in total. The van der Waals surface area contributed by atoms with Gasteiger partial charge in [-0.05, 0) is 13.8 Å². The first-order valence-electron chi connectivity index (χ1n) is 5.92. The third-order valence-electron chi connectivity index (χ3n) is 3.57. The highest BCUT2D eigenvalue weighted by molar-refractivity contribution is 4.87. The molecule has 15 heavy (non-hydrogen) atoms. The number of aliphatic hydroxyl groups is 1. The van der Waals surface area contributed by atoms with Crippen molar-refractivity contribution < 1.29 is 9.84 Å². The molecule has 2 rings (SSSR count). The number of rotatable bonds is 2. The van der Waals surface area contributed by atoms with Gasteiger partial charge in [-0.2, -0.15) is 0 Å². The van der Waals surface area contributed by atoms with Crippen LogP contribution >= 0.6 is 0 Å². The molecule has 2 aliphatic rings. The predicted molar refractivity (Wildman–Crippen MR) is 58.9 cm³/mol. The van der Waals surface area contributed by atoms with Gasteiger partial charge in [-0.3, -0.25) is 9.80 Å². The van der Waals surface area contributed by atoms with Crippen LogP contribution in [-0.2, 0) is 4.74 Å². The van der Waals surface area contributed by atoms with Crippen molar-refractivity contribution in [2.45, 2.75) is 32.0 Å². The van der Waals surface area contributed by atoms with Crippen molar-refractivity contribution in [3.05, 3.63) is 0 Å². The molecule has 4 heteroatoms. The van der Waals surface area contributed by atoms with Gasteiger partial charge >= 0.3 is 0 Å². The second-order valence-corrected chi connectivity index (χ2v) is 4.84. The maximum Gasteiger partial charge on any atom is 0.0950 e. The molecule has 2 fully saturated rings. The molecule has 0 bridgehead atoms. The Labute approximate surface area is 91.8 Å². The summed E-state index contributed by atoms with van der Waals surface area (Å²) in [5.74, 6) is 0. The minimum Gasteiger partial charge on any atom is -0.389 e. The van der Waals surface area contributed by atoms with Gasteiger partial charge in [-0.1, -0.05) is 0 Å². The van der Waals surface area contributed by atoms with Gasteiger partial charge in [-0.15, -0.1) is 0 Å². The molecule has 0 aromatic rings. The van der Waals surface area contributed by atoms with E-state index < -0.39 is 0 Å². The molecule has 2 heterocycles. The maximum absolute atomic E-state index is 9.74. The lowest BCUT2D eigenvalue weighted by molar-refractivity contribution is 0.0357. The fourth-order valence-electron chi connectivity index (χ4n) is 2.47. The van der Waals surface area contributed by atoms with Crippen LogP contribution in [-0.4, -0.2) is 72.5 Å². The number of ether oxygens (including phenoxy) is 1. The van der Waals surface area contributed by atoms with Gasteiger partial charge in [0.1, 0.15) is 0 Å². The Balaban J connectivity index is 1.82. The van der Waals surface area contributed by atoms with Crippen molar-refractivity contribution in [2.24, 2.45) is 0 Å². The van der Waals surface area contributed by atoms with E-state index in [1.165, 1.54) is 0 Å². The smallest absolute Gasteiger partial charge is 0.0950 e. The lowest BCUT2D eigenvalue weighted by atomic mass is 10.1. The minimum absolute atomic E-state index is 0.235. The SMILES string of the molecule is CC(C)N1CCN([C@@H]2COC[C@@H]2O)CC1. The first-order valence-corrected chi connectivity index (χ1v) is 5.92. The Morgan fingerprint density at radius 2 is 1.80 bits per heavy atom. The summed E-state index contributed by atoms with van der Waals surface area (Å²) in [4.78, 5) is 4.86. The zero-order chi connectivity index (χ0) is 10.8. The van der Waals surface area contributed by atoms with E-state index in [0.29, 0.717) is 19.3 Å². The van der Waals surface area contributed by atoms with Gasteiger partial charge < -0.3 is 9.84 Å². The van der Waals surface area contributed by atoms with E-state index in [4.69, 9.17) is 4.74 Å². The molecule has 2 aliphatic heterocycles. The number of nitrogens with zero attached hydrogens (tertiary/aromatic N) is 2. The van der Waals surface area contributed by atoms with E-state index in [-0.39, 0.29) is 12.1 Å². The standard InChI is InChI=1S/C11H22N2O2/c1-9(2)12-3-5-13(6-4-12)10-7-15-8-11(10)14/h9-11,14H,3-8H2,1-2H3/t10-,11+/m1/s1. The number of aliphatic hydroxyl groups excluding tert-OH is 1. The summed E-state index contributed by atoms with van der Waals surface area (Å²) in [5.41, 5.74) is 0. The second-order valence-electron chi connectivity index (χ2n) is 4.84. The Morgan fingerprint density at radius 1 is 1.13 bits per heavy atom. The molecule has 0 spiro atoms. The quantitative estimate of drug-likeness (QED) is 0.689. The van der Waals surface area contributed by atoms with Crippen molar-refractivity contribution in [3.8, 4) is 0 Å². The topological polar surface area (TPSA) is 35.9 Å². The van der Waals surface area contributed by atoms with Crippen LogP contribution in [0.15, 0.2) is 0 Å². The summed E-state index contributed by atoms with van der Waals surface area (Å²) >= 11 is 0. The highest BCUT2D eigenvalue weighted by Gasteiger charge is 2.33. The molecule has 0 unspecified atom stereocenters. The lowest BCUT2D eigenvalue weighted by Crippen LogP contribution is -2.54. The molecule has 0 aliphatic carbocycles. The predicted octanol–water partition coefficient (Wildman–Crippen LogP) is -0.228. The van der Waals surface area contributed by atoms with Gasteiger partial charge in [-0.25, -0.2) is 0 Å². The maximum atomic E-state index is 9.74. The van der Waals surface area contributed by atoms with Crippen LogP contribution in [0.3, 0.4) is 0 Å². The number of hydrogen-bond donors (Lipinski definition) is 1. The van der Waals surface area contributed by atoms with E-state index in [1.807, 2.05) is 0 Å². The van der Waals surface area contributed by atoms with Crippen LogP contribution in [0.5, 0.6) is 0 Å². The van der Waals surface area contributed by atoms with Crippen molar-refractivity contribution in [1.29, 1.82) is 0 Å². The van der Waals surface area contributed by atoms with Gasteiger partial charge in [0.15, 0.2) is 0 Å². The first-order chi connectivity index (χ1) is 7.18. The van der Waals surface area contributed by atoms with Crippen LogP contribution in [0.25, 0.3) is 0 Å². The van der Waals surface area contributed by atoms with E-state index in [9.17, 15) is 5.11 Å². The van der Waals surface area contributed by atoms with E-state index in [1.54, 1.807) is 0 Å². The number of hydrogen-bond acceptors (Lipinski definition) is 4. The highest BCUT2D eigenvalue weighted by atomic mass is 16.5. The molecule has 0 amide bonds. The molecule has 88 valence electrons. The van der Waals surface area contributed by atoms with Crippen LogP contribution in [0, 0.1) is 0 Å². The largest absolute Gasteiger partial charge is 0.389 e. The average molecular weight is 214 g/mol. The van der Waals surface area contributed by atoms with Crippen LogP contribution < -0.4 is 0 Å². The third-order valence-corrected chi connectivity index (χ3v) is 3.57. The molecular formula is C11H22N2O2. The van der Waals surface area contributed by atoms with Crippen molar-refractivity contribution in [2.75, 3.05) is 39.4 Å². The second kappa shape index (κ2) is 4.78. The minimum atomic E-state index is -0.282. The van der Waals surface area contributed by atoms with Crippen LogP contribution in [0.2, 0.25) is 0 Å². The van der Waals surface area contributed by atoms with Gasteiger partial charge in [0.05, 0.1) is 25.4 Å². The molecule has 4 nitrogen and oxygen atoms in total.